The first-order valence-corrected chi connectivity index (χ1v) is 8.22. The van der Waals surface area contributed by atoms with Crippen LogP contribution in [0.25, 0.3) is 0 Å². The van der Waals surface area contributed by atoms with Gasteiger partial charge in [0.2, 0.25) is 5.91 Å². The number of ether oxygens (including phenoxy) is 1. The molecule has 0 atom stereocenters. The molecule has 9 heteroatoms. The van der Waals surface area contributed by atoms with Crippen molar-refractivity contribution in [3.8, 4) is 5.75 Å². The van der Waals surface area contributed by atoms with Crippen molar-refractivity contribution in [2.45, 2.75) is 26.0 Å². The average molecular weight is 399 g/mol. The van der Waals surface area contributed by atoms with E-state index in [2.05, 4.69) is 4.74 Å². The molecule has 0 aliphatic rings. The molecule has 2 rings (SSSR count). The molecule has 2 aromatic carbocycles. The van der Waals surface area contributed by atoms with Gasteiger partial charge >= 0.3 is 12.6 Å². The zero-order valence-corrected chi connectivity index (χ0v) is 14.6. The highest BCUT2D eigenvalue weighted by Gasteiger charge is 2.17. The third-order valence-corrected chi connectivity index (χ3v) is 3.81. The maximum Gasteiger partial charge on any atom is 0.387 e. The van der Waals surface area contributed by atoms with E-state index in [1.54, 1.807) is 0 Å². The quantitative estimate of drug-likeness (QED) is 0.655. The summed E-state index contributed by atoms with van der Waals surface area (Å²) in [6.45, 7) is -3.19. The van der Waals surface area contributed by atoms with Crippen molar-refractivity contribution in [1.82, 2.24) is 4.90 Å². The van der Waals surface area contributed by atoms with Gasteiger partial charge in [-0.1, -0.05) is 18.2 Å². The molecule has 0 aliphatic heterocycles. The number of aliphatic carboxylic acids is 1. The van der Waals surface area contributed by atoms with Crippen molar-refractivity contribution in [2.75, 3.05) is 6.54 Å². The Kier molecular flexibility index (Phi) is 7.36. The molecular weight excluding hydrogens is 382 g/mol. The van der Waals surface area contributed by atoms with Crippen LogP contribution in [0, 0.1) is 11.6 Å². The van der Waals surface area contributed by atoms with Crippen LogP contribution in [0.5, 0.6) is 5.75 Å². The van der Waals surface area contributed by atoms with Gasteiger partial charge in [-0.3, -0.25) is 9.59 Å². The van der Waals surface area contributed by atoms with E-state index in [-0.39, 0.29) is 31.7 Å². The monoisotopic (exact) mass is 399 g/mol. The van der Waals surface area contributed by atoms with Gasteiger partial charge in [0.1, 0.15) is 5.75 Å². The minimum atomic E-state index is -2.96. The lowest BCUT2D eigenvalue weighted by molar-refractivity contribution is -0.138. The molecule has 150 valence electrons. The lowest BCUT2D eigenvalue weighted by Crippen LogP contribution is -2.33. The largest absolute Gasteiger partial charge is 0.481 e. The number of hydrogen-bond donors (Lipinski definition) is 1. The van der Waals surface area contributed by atoms with Crippen LogP contribution in [0.2, 0.25) is 0 Å². The van der Waals surface area contributed by atoms with Gasteiger partial charge in [0.05, 0.1) is 12.8 Å². The summed E-state index contributed by atoms with van der Waals surface area (Å²) in [6, 6.07) is 8.59. The predicted molar refractivity (Wildman–Crippen MR) is 90.8 cm³/mol. The Morgan fingerprint density at radius 3 is 2.21 bits per heavy atom. The topological polar surface area (TPSA) is 66.8 Å². The third-order valence-electron chi connectivity index (χ3n) is 3.81. The number of carbonyl (C=O) groups is 2. The number of amides is 1. The summed E-state index contributed by atoms with van der Waals surface area (Å²) in [7, 11) is 0. The van der Waals surface area contributed by atoms with E-state index in [0.717, 1.165) is 12.1 Å². The number of alkyl halides is 2. The van der Waals surface area contributed by atoms with Crippen LogP contribution in [0.3, 0.4) is 0 Å². The number of hydrogen-bond acceptors (Lipinski definition) is 3. The minimum absolute atomic E-state index is 0.0595. The summed E-state index contributed by atoms with van der Waals surface area (Å²) >= 11 is 0. The number of carboxylic acids is 1. The number of halogens is 4. The van der Waals surface area contributed by atoms with Gasteiger partial charge in [-0.2, -0.15) is 8.78 Å². The maximum absolute atomic E-state index is 13.4. The van der Waals surface area contributed by atoms with Crippen LogP contribution in [0.1, 0.15) is 17.5 Å². The molecule has 0 spiro atoms. The van der Waals surface area contributed by atoms with Gasteiger partial charge in [0, 0.05) is 13.1 Å². The van der Waals surface area contributed by atoms with E-state index < -0.39 is 30.1 Å². The molecule has 2 aromatic rings. The maximum atomic E-state index is 13.4. The molecule has 0 fully saturated rings. The normalized spacial score (nSPS) is 10.8. The van der Waals surface area contributed by atoms with Crippen molar-refractivity contribution in [1.29, 1.82) is 0 Å². The minimum Gasteiger partial charge on any atom is -0.481 e. The Morgan fingerprint density at radius 1 is 1.00 bits per heavy atom. The second-order valence-electron chi connectivity index (χ2n) is 5.91. The SMILES string of the molecule is O=C(O)CCN(Cc1ccc(F)c(F)c1)C(=O)Cc1ccc(OC(F)F)cc1. The van der Waals surface area contributed by atoms with Crippen LogP contribution in [0.15, 0.2) is 42.5 Å². The van der Waals surface area contributed by atoms with Gasteiger partial charge in [-0.05, 0) is 35.4 Å². The summed E-state index contributed by atoms with van der Waals surface area (Å²) in [5.41, 5.74) is 0.801. The molecule has 5 nitrogen and oxygen atoms in total. The second-order valence-corrected chi connectivity index (χ2v) is 5.91. The smallest absolute Gasteiger partial charge is 0.387 e. The van der Waals surface area contributed by atoms with Gasteiger partial charge < -0.3 is 14.7 Å². The van der Waals surface area contributed by atoms with Crippen molar-refractivity contribution in [2.24, 2.45) is 0 Å². The Hall–Kier alpha value is -3.10. The predicted octanol–water partition coefficient (Wildman–Crippen LogP) is 3.61. The Morgan fingerprint density at radius 2 is 1.64 bits per heavy atom. The first-order valence-electron chi connectivity index (χ1n) is 8.22. The fraction of sp³-hybridized carbons (Fsp3) is 0.263. The van der Waals surface area contributed by atoms with Crippen molar-refractivity contribution < 1.29 is 37.0 Å². The fourth-order valence-corrected chi connectivity index (χ4v) is 2.46. The zero-order chi connectivity index (χ0) is 20.7. The van der Waals surface area contributed by atoms with Crippen molar-refractivity contribution in [3.05, 3.63) is 65.2 Å². The summed E-state index contributed by atoms with van der Waals surface area (Å²) in [6.07, 6.45) is -0.450. The first kappa shape index (κ1) is 21.2. The van der Waals surface area contributed by atoms with Crippen LogP contribution in [-0.4, -0.2) is 35.0 Å². The standard InChI is InChI=1S/C19H17F4NO4/c20-15-6-3-13(9-16(15)21)11-24(8-7-18(26)27)17(25)10-12-1-4-14(5-2-12)28-19(22)23/h1-6,9,19H,7-8,10-11H2,(H,26,27). The van der Waals surface area contributed by atoms with Crippen LogP contribution in [0.4, 0.5) is 17.6 Å². The van der Waals surface area contributed by atoms with E-state index in [0.29, 0.717) is 11.1 Å². The first-order chi connectivity index (χ1) is 13.2. The molecule has 28 heavy (non-hydrogen) atoms. The molecule has 1 amide bonds. The molecule has 0 heterocycles. The highest BCUT2D eigenvalue weighted by atomic mass is 19.3. The lowest BCUT2D eigenvalue weighted by Gasteiger charge is -2.22. The van der Waals surface area contributed by atoms with Crippen LogP contribution in [-0.2, 0) is 22.6 Å². The number of carboxylic acid groups (broad SMARTS) is 1. The molecule has 0 saturated carbocycles. The molecule has 0 aliphatic carbocycles. The molecule has 0 aromatic heterocycles. The van der Waals surface area contributed by atoms with E-state index in [1.165, 1.54) is 35.2 Å². The van der Waals surface area contributed by atoms with E-state index in [9.17, 15) is 27.2 Å². The van der Waals surface area contributed by atoms with Crippen molar-refractivity contribution in [3.63, 3.8) is 0 Å². The molecule has 0 unspecified atom stereocenters. The van der Waals surface area contributed by atoms with E-state index >= 15 is 0 Å². The third kappa shape index (κ3) is 6.57. The Balaban J connectivity index is 2.09. The summed E-state index contributed by atoms with van der Waals surface area (Å²) in [4.78, 5) is 24.6. The Bertz CT molecular complexity index is 827. The van der Waals surface area contributed by atoms with Crippen LogP contribution >= 0.6 is 0 Å². The van der Waals surface area contributed by atoms with Crippen molar-refractivity contribution >= 4 is 11.9 Å². The second kappa shape index (κ2) is 9.72. The van der Waals surface area contributed by atoms with E-state index in [4.69, 9.17) is 5.11 Å². The molecular formula is C19H17F4NO4. The number of nitrogens with zero attached hydrogens (tertiary/aromatic N) is 1. The van der Waals surface area contributed by atoms with Gasteiger partial charge in [-0.15, -0.1) is 0 Å². The highest BCUT2D eigenvalue weighted by molar-refractivity contribution is 5.79. The summed E-state index contributed by atoms with van der Waals surface area (Å²) < 4.78 is 55.0. The van der Waals surface area contributed by atoms with Gasteiger partial charge in [-0.25, -0.2) is 8.78 Å². The molecule has 0 saturated heterocycles. The summed E-state index contributed by atoms with van der Waals surface area (Å²) in [5, 5.41) is 8.86. The molecule has 1 N–H and O–H groups in total. The van der Waals surface area contributed by atoms with Gasteiger partial charge in [0.15, 0.2) is 11.6 Å². The number of rotatable bonds is 9. The molecule has 0 bridgehead atoms. The van der Waals surface area contributed by atoms with Crippen LogP contribution < -0.4 is 4.74 Å². The Labute approximate surface area is 158 Å². The summed E-state index contributed by atoms with van der Waals surface area (Å²) in [5.74, 6) is -3.73. The average Bonchev–Trinajstić information content (AvgIpc) is 2.62. The number of carbonyl (C=O) groups excluding carboxylic acids is 1. The highest BCUT2D eigenvalue weighted by Crippen LogP contribution is 2.17. The number of benzene rings is 2. The zero-order valence-electron chi connectivity index (χ0n) is 14.6. The van der Waals surface area contributed by atoms with E-state index in [1.807, 2.05) is 0 Å². The lowest BCUT2D eigenvalue weighted by atomic mass is 10.1. The van der Waals surface area contributed by atoms with Gasteiger partial charge in [0.25, 0.3) is 0 Å². The molecule has 0 radical (unpaired) electrons. The fourth-order valence-electron chi connectivity index (χ4n) is 2.46.